The largest absolute Gasteiger partial charge is 0.392 e. The van der Waals surface area contributed by atoms with Gasteiger partial charge in [-0.3, -0.25) is 4.68 Å². The Bertz CT molecular complexity index is 398. The molecule has 1 heterocycles. The highest BCUT2D eigenvalue weighted by Crippen LogP contribution is 2.00. The van der Waals surface area contributed by atoms with Crippen LogP contribution in [-0.4, -0.2) is 46.6 Å². The lowest BCUT2D eigenvalue weighted by molar-refractivity contribution is 0.196. The van der Waals surface area contributed by atoms with E-state index in [0.29, 0.717) is 5.69 Å². The monoisotopic (exact) mass is 219 g/mol. The van der Waals surface area contributed by atoms with Crippen LogP contribution in [-0.2, 0) is 23.3 Å². The molecular weight excluding hydrogens is 206 g/mol. The van der Waals surface area contributed by atoms with Gasteiger partial charge in [0.15, 0.2) is 0 Å². The molecule has 0 aliphatic heterocycles. The van der Waals surface area contributed by atoms with Crippen molar-refractivity contribution in [2.24, 2.45) is 7.05 Å². The van der Waals surface area contributed by atoms with Crippen molar-refractivity contribution >= 4 is 9.84 Å². The number of aliphatic hydroxyl groups is 1. The Morgan fingerprint density at radius 1 is 1.64 bits per heavy atom. The van der Waals surface area contributed by atoms with Crippen molar-refractivity contribution in [2.75, 3.05) is 12.0 Å². The van der Waals surface area contributed by atoms with Crippen LogP contribution in [0.1, 0.15) is 5.69 Å². The number of rotatable bonds is 4. The van der Waals surface area contributed by atoms with E-state index in [1.165, 1.54) is 4.68 Å². The van der Waals surface area contributed by atoms with Gasteiger partial charge in [-0.1, -0.05) is 5.21 Å². The van der Waals surface area contributed by atoms with Crippen molar-refractivity contribution in [1.29, 1.82) is 0 Å². The van der Waals surface area contributed by atoms with Crippen molar-refractivity contribution in [1.82, 2.24) is 15.0 Å². The van der Waals surface area contributed by atoms with Crippen molar-refractivity contribution in [3.63, 3.8) is 0 Å². The SMILES string of the molecule is Cn1cc(CC(O)CS(C)(=O)=O)nn1. The van der Waals surface area contributed by atoms with Gasteiger partial charge in [-0.2, -0.15) is 0 Å². The molecule has 1 aromatic rings. The van der Waals surface area contributed by atoms with E-state index in [0.717, 1.165) is 6.26 Å². The van der Waals surface area contributed by atoms with Gasteiger partial charge in [0.25, 0.3) is 0 Å². The molecule has 0 bridgehead atoms. The molecule has 0 spiro atoms. The van der Waals surface area contributed by atoms with E-state index in [1.54, 1.807) is 13.2 Å². The molecule has 14 heavy (non-hydrogen) atoms. The number of aromatic nitrogens is 3. The predicted octanol–water partition coefficient (Wildman–Crippen LogP) is -1.24. The fourth-order valence-corrected chi connectivity index (χ4v) is 1.96. The molecule has 1 aromatic heterocycles. The third kappa shape index (κ3) is 3.84. The summed E-state index contributed by atoms with van der Waals surface area (Å²) in [4.78, 5) is 0. The first-order valence-corrected chi connectivity index (χ1v) is 6.14. The average molecular weight is 219 g/mol. The summed E-state index contributed by atoms with van der Waals surface area (Å²) in [5, 5.41) is 16.8. The van der Waals surface area contributed by atoms with Gasteiger partial charge in [-0.05, 0) is 0 Å². The fourth-order valence-electron chi connectivity index (χ4n) is 1.14. The molecule has 0 fully saturated rings. The van der Waals surface area contributed by atoms with Crippen LogP contribution < -0.4 is 0 Å². The maximum atomic E-state index is 10.8. The summed E-state index contributed by atoms with van der Waals surface area (Å²) in [6, 6.07) is 0. The van der Waals surface area contributed by atoms with Gasteiger partial charge in [0.05, 0.1) is 17.6 Å². The molecule has 7 heteroatoms. The third-order valence-electron chi connectivity index (χ3n) is 1.59. The Morgan fingerprint density at radius 2 is 2.29 bits per heavy atom. The van der Waals surface area contributed by atoms with Crippen LogP contribution >= 0.6 is 0 Å². The van der Waals surface area contributed by atoms with E-state index in [1.807, 2.05) is 0 Å². The van der Waals surface area contributed by atoms with Gasteiger partial charge in [0, 0.05) is 25.9 Å². The zero-order valence-corrected chi connectivity index (χ0v) is 8.90. The van der Waals surface area contributed by atoms with Crippen LogP contribution in [0.25, 0.3) is 0 Å². The first-order valence-electron chi connectivity index (χ1n) is 4.08. The molecule has 80 valence electrons. The van der Waals surface area contributed by atoms with Crippen LogP contribution in [0.2, 0.25) is 0 Å². The van der Waals surface area contributed by atoms with Crippen LogP contribution in [0, 0.1) is 0 Å². The minimum atomic E-state index is -3.14. The smallest absolute Gasteiger partial charge is 0.150 e. The molecule has 6 nitrogen and oxygen atoms in total. The van der Waals surface area contributed by atoms with E-state index < -0.39 is 15.9 Å². The number of sulfone groups is 1. The van der Waals surface area contributed by atoms with Crippen molar-refractivity contribution in [3.8, 4) is 0 Å². The Labute approximate surface area is 82.5 Å². The van der Waals surface area contributed by atoms with E-state index in [4.69, 9.17) is 0 Å². The molecule has 0 saturated carbocycles. The summed E-state index contributed by atoms with van der Waals surface area (Å²) < 4.78 is 23.2. The van der Waals surface area contributed by atoms with Crippen molar-refractivity contribution in [2.45, 2.75) is 12.5 Å². The standard InChI is InChI=1S/C7H13N3O3S/c1-10-4-6(8-9-10)3-7(11)5-14(2,12)13/h4,7,11H,3,5H2,1-2H3. The molecule has 1 unspecified atom stereocenters. The molecule has 0 aliphatic rings. The second-order valence-electron chi connectivity index (χ2n) is 3.33. The van der Waals surface area contributed by atoms with E-state index in [2.05, 4.69) is 10.3 Å². The zero-order chi connectivity index (χ0) is 10.8. The Kier molecular flexibility index (Phi) is 3.22. The maximum Gasteiger partial charge on any atom is 0.150 e. The minimum Gasteiger partial charge on any atom is -0.392 e. The average Bonchev–Trinajstić information content (AvgIpc) is 2.30. The fraction of sp³-hybridized carbons (Fsp3) is 0.714. The van der Waals surface area contributed by atoms with E-state index >= 15 is 0 Å². The van der Waals surface area contributed by atoms with Crippen LogP contribution in [0.3, 0.4) is 0 Å². The number of hydrogen-bond acceptors (Lipinski definition) is 5. The molecule has 0 aliphatic carbocycles. The first kappa shape index (κ1) is 11.1. The Morgan fingerprint density at radius 3 is 2.71 bits per heavy atom. The topological polar surface area (TPSA) is 85.1 Å². The van der Waals surface area contributed by atoms with Gasteiger partial charge in [0.1, 0.15) is 9.84 Å². The van der Waals surface area contributed by atoms with E-state index in [9.17, 15) is 13.5 Å². The maximum absolute atomic E-state index is 10.8. The van der Waals surface area contributed by atoms with Gasteiger partial charge in [-0.25, -0.2) is 8.42 Å². The second kappa shape index (κ2) is 4.05. The highest BCUT2D eigenvalue weighted by atomic mass is 32.2. The predicted molar refractivity (Wildman–Crippen MR) is 50.4 cm³/mol. The number of aliphatic hydroxyl groups excluding tert-OH is 1. The summed E-state index contributed by atoms with van der Waals surface area (Å²) in [7, 11) is -1.43. The first-order chi connectivity index (χ1) is 6.37. The van der Waals surface area contributed by atoms with Gasteiger partial charge in [0.2, 0.25) is 0 Å². The van der Waals surface area contributed by atoms with Gasteiger partial charge < -0.3 is 5.11 Å². The molecule has 0 radical (unpaired) electrons. The molecule has 1 atom stereocenters. The van der Waals surface area contributed by atoms with Gasteiger partial charge in [-0.15, -0.1) is 5.10 Å². The quantitative estimate of drug-likeness (QED) is 0.685. The lowest BCUT2D eigenvalue weighted by Crippen LogP contribution is -2.22. The number of aryl methyl sites for hydroxylation is 1. The molecule has 0 amide bonds. The molecular formula is C7H13N3O3S. The third-order valence-corrected chi connectivity index (χ3v) is 2.58. The lowest BCUT2D eigenvalue weighted by atomic mass is 10.2. The zero-order valence-electron chi connectivity index (χ0n) is 8.08. The minimum absolute atomic E-state index is 0.209. The highest BCUT2D eigenvalue weighted by Gasteiger charge is 2.14. The number of nitrogens with zero attached hydrogens (tertiary/aromatic N) is 3. The number of hydrogen-bond donors (Lipinski definition) is 1. The van der Waals surface area contributed by atoms with Gasteiger partial charge >= 0.3 is 0 Å². The Hall–Kier alpha value is -0.950. The van der Waals surface area contributed by atoms with Crippen LogP contribution in [0.15, 0.2) is 6.20 Å². The van der Waals surface area contributed by atoms with Crippen LogP contribution in [0.4, 0.5) is 0 Å². The molecule has 1 N–H and O–H groups in total. The van der Waals surface area contributed by atoms with Crippen molar-refractivity contribution in [3.05, 3.63) is 11.9 Å². The molecule has 0 saturated heterocycles. The summed E-state index contributed by atoms with van der Waals surface area (Å²) >= 11 is 0. The lowest BCUT2D eigenvalue weighted by Gasteiger charge is -2.05. The summed E-state index contributed by atoms with van der Waals surface area (Å²) in [6.07, 6.45) is 2.03. The van der Waals surface area contributed by atoms with E-state index in [-0.39, 0.29) is 12.2 Å². The molecule has 1 rings (SSSR count). The Balaban J connectivity index is 2.53. The molecule has 0 aromatic carbocycles. The highest BCUT2D eigenvalue weighted by molar-refractivity contribution is 7.90. The summed E-state index contributed by atoms with van der Waals surface area (Å²) in [5.41, 5.74) is 0.587. The normalized spacial score (nSPS) is 14.2. The second-order valence-corrected chi connectivity index (χ2v) is 5.52. The van der Waals surface area contributed by atoms with Crippen molar-refractivity contribution < 1.29 is 13.5 Å². The summed E-state index contributed by atoms with van der Waals surface area (Å²) in [6.45, 7) is 0. The van der Waals surface area contributed by atoms with Crippen LogP contribution in [0.5, 0.6) is 0 Å². The summed E-state index contributed by atoms with van der Waals surface area (Å²) in [5.74, 6) is -0.246.